The van der Waals surface area contributed by atoms with Crippen molar-refractivity contribution in [3.8, 4) is 17.3 Å². The fraction of sp³-hybridized carbons (Fsp3) is 0.462. The first kappa shape index (κ1) is 22.4. The van der Waals surface area contributed by atoms with Gasteiger partial charge in [0.05, 0.1) is 24.5 Å². The van der Waals surface area contributed by atoms with Gasteiger partial charge < -0.3 is 19.4 Å². The van der Waals surface area contributed by atoms with Crippen molar-refractivity contribution in [2.45, 2.75) is 25.7 Å². The molecule has 0 radical (unpaired) electrons. The van der Waals surface area contributed by atoms with Crippen LogP contribution in [-0.4, -0.2) is 79.1 Å². The lowest BCUT2D eigenvalue weighted by molar-refractivity contribution is -0.154. The number of anilines is 1. The van der Waals surface area contributed by atoms with Crippen LogP contribution in [0.15, 0.2) is 30.3 Å². The number of fused-ring (bicyclic) bond motifs is 1. The molecule has 8 nitrogen and oxygen atoms in total. The zero-order valence-electron chi connectivity index (χ0n) is 19.3. The minimum Gasteiger partial charge on any atom is -0.378 e. The average Bonchev–Trinajstić information content (AvgIpc) is 2.92. The zero-order valence-corrected chi connectivity index (χ0v) is 19.3. The van der Waals surface area contributed by atoms with Crippen LogP contribution in [0.5, 0.6) is 0 Å². The fourth-order valence-electron chi connectivity index (χ4n) is 5.15. The second kappa shape index (κ2) is 9.82. The standard InChI is InChI=1S/C26H29N5O3/c27-18-22-20-8-4-5-9-21(20)23(19-6-2-1-3-7-19)28-24(22)29-10-12-30(13-11-29)25(32)26(33)31-14-16-34-17-15-31/h1-3,6-7H,4-5,8-17H2. The summed E-state index contributed by atoms with van der Waals surface area (Å²) in [7, 11) is 0. The maximum Gasteiger partial charge on any atom is 0.312 e. The molecule has 2 aromatic rings. The van der Waals surface area contributed by atoms with Gasteiger partial charge in [-0.25, -0.2) is 4.98 Å². The highest BCUT2D eigenvalue weighted by molar-refractivity contribution is 6.35. The molecular formula is C26H29N5O3. The van der Waals surface area contributed by atoms with Crippen LogP contribution in [0.2, 0.25) is 0 Å². The number of pyridine rings is 1. The summed E-state index contributed by atoms with van der Waals surface area (Å²) in [6.07, 6.45) is 4.01. The zero-order chi connectivity index (χ0) is 23.5. The Labute approximate surface area is 199 Å². The number of carbonyl (C=O) groups is 2. The van der Waals surface area contributed by atoms with Crippen LogP contribution >= 0.6 is 0 Å². The van der Waals surface area contributed by atoms with E-state index in [0.29, 0.717) is 63.9 Å². The topological polar surface area (TPSA) is 89.8 Å². The quantitative estimate of drug-likeness (QED) is 0.639. The Morgan fingerprint density at radius 3 is 2.12 bits per heavy atom. The summed E-state index contributed by atoms with van der Waals surface area (Å²) < 4.78 is 5.28. The van der Waals surface area contributed by atoms with E-state index in [1.807, 2.05) is 18.2 Å². The van der Waals surface area contributed by atoms with Gasteiger partial charge in [-0.2, -0.15) is 5.26 Å². The summed E-state index contributed by atoms with van der Waals surface area (Å²) in [4.78, 5) is 35.8. The number of hydrogen-bond donors (Lipinski definition) is 0. The van der Waals surface area contributed by atoms with E-state index in [9.17, 15) is 14.9 Å². The molecule has 0 bridgehead atoms. The minimum absolute atomic E-state index is 0.430. The number of amides is 2. The van der Waals surface area contributed by atoms with E-state index >= 15 is 0 Å². The SMILES string of the molecule is N#Cc1c(N2CCN(C(=O)C(=O)N3CCOCC3)CC2)nc(-c2ccccc2)c2c1CCCC2. The summed E-state index contributed by atoms with van der Waals surface area (Å²) in [6.45, 7) is 3.79. The number of ether oxygens (including phenoxy) is 1. The van der Waals surface area contributed by atoms with Gasteiger partial charge in [0.25, 0.3) is 0 Å². The largest absolute Gasteiger partial charge is 0.378 e. The van der Waals surface area contributed by atoms with Gasteiger partial charge in [-0.3, -0.25) is 9.59 Å². The van der Waals surface area contributed by atoms with Crippen LogP contribution in [-0.2, 0) is 27.2 Å². The van der Waals surface area contributed by atoms with E-state index in [1.165, 1.54) is 5.56 Å². The van der Waals surface area contributed by atoms with Gasteiger partial charge in [0.15, 0.2) is 0 Å². The molecule has 0 atom stereocenters. The van der Waals surface area contributed by atoms with Crippen molar-refractivity contribution in [2.24, 2.45) is 0 Å². The molecule has 3 aliphatic rings. The molecular weight excluding hydrogens is 430 g/mol. The van der Waals surface area contributed by atoms with Crippen LogP contribution in [0.3, 0.4) is 0 Å². The Bertz CT molecular complexity index is 1110. The molecule has 2 saturated heterocycles. The molecule has 1 aromatic heterocycles. The summed E-state index contributed by atoms with van der Waals surface area (Å²) >= 11 is 0. The molecule has 8 heteroatoms. The number of benzene rings is 1. The Balaban J connectivity index is 1.39. The predicted molar refractivity (Wildman–Crippen MR) is 127 cm³/mol. The van der Waals surface area contributed by atoms with Crippen LogP contribution in [0.25, 0.3) is 11.3 Å². The van der Waals surface area contributed by atoms with E-state index in [0.717, 1.165) is 42.5 Å². The second-order valence-corrected chi connectivity index (χ2v) is 8.98. The predicted octanol–water partition coefficient (Wildman–Crippen LogP) is 2.01. The Morgan fingerprint density at radius 2 is 1.47 bits per heavy atom. The normalized spacial score (nSPS) is 18.3. The molecule has 34 heavy (non-hydrogen) atoms. The number of morpholine rings is 1. The highest BCUT2D eigenvalue weighted by Gasteiger charge is 2.32. The highest BCUT2D eigenvalue weighted by Crippen LogP contribution is 2.36. The van der Waals surface area contributed by atoms with Crippen LogP contribution < -0.4 is 4.90 Å². The first-order valence-electron chi connectivity index (χ1n) is 12.1. The van der Waals surface area contributed by atoms with Crippen LogP contribution in [0.1, 0.15) is 29.5 Å². The summed E-state index contributed by atoms with van der Waals surface area (Å²) in [5, 5.41) is 10.1. The number of nitrogens with zero attached hydrogens (tertiary/aromatic N) is 5. The molecule has 3 heterocycles. The van der Waals surface area contributed by atoms with Crippen LogP contribution in [0, 0.1) is 11.3 Å². The maximum atomic E-state index is 12.8. The summed E-state index contributed by atoms with van der Waals surface area (Å²) in [6, 6.07) is 12.6. The molecule has 0 unspecified atom stereocenters. The molecule has 5 rings (SSSR count). The van der Waals surface area contributed by atoms with Crippen LogP contribution in [0.4, 0.5) is 5.82 Å². The Kier molecular flexibility index (Phi) is 6.45. The van der Waals surface area contributed by atoms with E-state index in [1.54, 1.807) is 9.80 Å². The van der Waals surface area contributed by atoms with E-state index in [-0.39, 0.29) is 0 Å². The van der Waals surface area contributed by atoms with Gasteiger partial charge in [-0.05, 0) is 36.8 Å². The van der Waals surface area contributed by atoms with Gasteiger partial charge in [0.1, 0.15) is 11.9 Å². The Hall–Kier alpha value is -3.44. The molecule has 2 aliphatic heterocycles. The molecule has 1 aromatic carbocycles. The molecule has 0 N–H and O–H groups in total. The van der Waals surface area contributed by atoms with E-state index in [2.05, 4.69) is 23.1 Å². The first-order valence-corrected chi connectivity index (χ1v) is 12.1. The average molecular weight is 460 g/mol. The van der Waals surface area contributed by atoms with Gasteiger partial charge in [0.2, 0.25) is 0 Å². The smallest absolute Gasteiger partial charge is 0.312 e. The van der Waals surface area contributed by atoms with Crippen molar-refractivity contribution in [1.82, 2.24) is 14.8 Å². The lowest BCUT2D eigenvalue weighted by atomic mass is 9.86. The highest BCUT2D eigenvalue weighted by atomic mass is 16.5. The number of piperazine rings is 1. The van der Waals surface area contributed by atoms with E-state index in [4.69, 9.17) is 9.72 Å². The fourth-order valence-corrected chi connectivity index (χ4v) is 5.15. The van der Waals surface area contributed by atoms with Gasteiger partial charge in [-0.1, -0.05) is 30.3 Å². The van der Waals surface area contributed by atoms with Crippen molar-refractivity contribution < 1.29 is 14.3 Å². The molecule has 176 valence electrons. The molecule has 2 fully saturated rings. The number of rotatable bonds is 2. The third kappa shape index (κ3) is 4.24. The molecule has 2 amide bonds. The molecule has 1 aliphatic carbocycles. The molecule has 0 spiro atoms. The number of carbonyl (C=O) groups excluding carboxylic acids is 2. The summed E-state index contributed by atoms with van der Waals surface area (Å²) in [5.41, 5.74) is 5.02. The van der Waals surface area contributed by atoms with Crippen molar-refractivity contribution in [3.05, 3.63) is 47.0 Å². The summed E-state index contributed by atoms with van der Waals surface area (Å²) in [5.74, 6) is -0.202. The first-order chi connectivity index (χ1) is 16.7. The van der Waals surface area contributed by atoms with Crippen molar-refractivity contribution in [1.29, 1.82) is 5.26 Å². The van der Waals surface area contributed by atoms with Gasteiger partial charge in [0, 0.05) is 44.8 Å². The van der Waals surface area contributed by atoms with Gasteiger partial charge in [-0.15, -0.1) is 0 Å². The monoisotopic (exact) mass is 459 g/mol. The maximum absolute atomic E-state index is 12.8. The van der Waals surface area contributed by atoms with E-state index < -0.39 is 11.8 Å². The Morgan fingerprint density at radius 1 is 0.853 bits per heavy atom. The lowest BCUT2D eigenvalue weighted by Crippen LogP contribution is -2.55. The third-order valence-corrected chi connectivity index (χ3v) is 7.00. The number of hydrogen-bond acceptors (Lipinski definition) is 6. The van der Waals surface area contributed by atoms with Crippen molar-refractivity contribution in [3.63, 3.8) is 0 Å². The molecule has 0 saturated carbocycles. The second-order valence-electron chi connectivity index (χ2n) is 8.98. The third-order valence-electron chi connectivity index (χ3n) is 7.00. The number of nitriles is 1. The van der Waals surface area contributed by atoms with Crippen molar-refractivity contribution in [2.75, 3.05) is 57.4 Å². The minimum atomic E-state index is -0.453. The van der Waals surface area contributed by atoms with Crippen molar-refractivity contribution >= 4 is 17.6 Å². The number of aromatic nitrogens is 1. The lowest BCUT2D eigenvalue weighted by Gasteiger charge is -2.37. The van der Waals surface area contributed by atoms with Gasteiger partial charge >= 0.3 is 11.8 Å².